The summed E-state index contributed by atoms with van der Waals surface area (Å²) in [6.45, 7) is 4.79. The molecule has 1 saturated heterocycles. The van der Waals surface area contributed by atoms with Gasteiger partial charge in [-0.3, -0.25) is 4.68 Å². The number of anilines is 1. The normalized spacial score (nSPS) is 15.4. The van der Waals surface area contributed by atoms with E-state index in [0.717, 1.165) is 85.0 Å². The van der Waals surface area contributed by atoms with E-state index >= 15 is 0 Å². The Morgan fingerprint density at radius 3 is 2.73 bits per heavy atom. The van der Waals surface area contributed by atoms with Gasteiger partial charge < -0.3 is 40.8 Å². The highest BCUT2D eigenvalue weighted by molar-refractivity contribution is 5.91. The number of benzene rings is 2. The number of unbranched alkanes of at least 4 members (excludes halogenated alkanes) is 1. The lowest BCUT2D eigenvalue weighted by Crippen LogP contribution is -3.00. The van der Waals surface area contributed by atoms with E-state index in [1.807, 2.05) is 10.7 Å². The number of methoxy groups -OCH3 is 1. The number of aryl methyl sites for hydroxylation is 3. The van der Waals surface area contributed by atoms with Gasteiger partial charge in [0.25, 0.3) is 0 Å². The fourth-order valence-electron chi connectivity index (χ4n) is 5.92. The molecule has 0 spiro atoms. The third-order valence-corrected chi connectivity index (χ3v) is 8.03. The first-order valence-electron chi connectivity index (χ1n) is 14.0. The Morgan fingerprint density at radius 2 is 1.88 bits per heavy atom. The molecule has 3 aliphatic rings. The molecule has 0 amide bonds. The highest BCUT2D eigenvalue weighted by Crippen LogP contribution is 2.41. The predicted octanol–water partition coefficient (Wildman–Crippen LogP) is 1.53. The van der Waals surface area contributed by atoms with Crippen LogP contribution in [0.4, 0.5) is 5.82 Å². The smallest absolute Gasteiger partial charge is 0.231 e. The van der Waals surface area contributed by atoms with Crippen LogP contribution < -0.4 is 45.4 Å². The minimum absolute atomic E-state index is 0. The van der Waals surface area contributed by atoms with Crippen molar-refractivity contribution in [1.29, 1.82) is 0 Å². The quantitative estimate of drug-likeness (QED) is 0.222. The van der Waals surface area contributed by atoms with Gasteiger partial charge in [0.15, 0.2) is 41.6 Å². The van der Waals surface area contributed by atoms with Crippen molar-refractivity contribution in [3.63, 3.8) is 0 Å². The highest BCUT2D eigenvalue weighted by Gasteiger charge is 2.28. The number of pyridine rings is 1. The van der Waals surface area contributed by atoms with E-state index in [0.29, 0.717) is 6.61 Å². The molecule has 0 radical (unpaired) electrons. The summed E-state index contributed by atoms with van der Waals surface area (Å²) >= 11 is 0. The van der Waals surface area contributed by atoms with Crippen molar-refractivity contribution in [3.8, 4) is 34.3 Å². The molecule has 210 valence electrons. The first kappa shape index (κ1) is 26.7. The molecule has 0 N–H and O–H groups in total. The fourth-order valence-corrected chi connectivity index (χ4v) is 5.92. The highest BCUT2D eigenvalue weighted by atomic mass is 79.9. The van der Waals surface area contributed by atoms with Crippen LogP contribution >= 0.6 is 0 Å². The average Bonchev–Trinajstić information content (AvgIpc) is 3.65. The number of rotatable bonds is 8. The van der Waals surface area contributed by atoms with Crippen LogP contribution in [0.25, 0.3) is 22.0 Å². The molecule has 2 aromatic carbocycles. The Kier molecular flexibility index (Phi) is 7.69. The number of fused-ring (bicyclic) bond motifs is 5. The Balaban J connectivity index is 0.00000289. The molecule has 40 heavy (non-hydrogen) atoms. The predicted molar refractivity (Wildman–Crippen MR) is 147 cm³/mol. The van der Waals surface area contributed by atoms with Gasteiger partial charge in [-0.2, -0.15) is 4.57 Å². The lowest BCUT2D eigenvalue weighted by molar-refractivity contribution is -0.686. The molecule has 7 rings (SSSR count). The maximum absolute atomic E-state index is 6.37. The standard InChI is InChI=1S/C30H34N5O4.BrH/c1-36-26-8-7-21-15-25-23-17-28-27(38-20-39-28)16-22(23)9-13-34(25)18-24(21)30(26)37-14-6-5-12-35-19-29(31-32-35)33-10-3-2-4-11-33;/h7-8,15-19H,2-6,9-14,20H2,1H3;1H/q+1;/p-1. The van der Waals surface area contributed by atoms with Crippen LogP contribution in [0.3, 0.4) is 0 Å². The summed E-state index contributed by atoms with van der Waals surface area (Å²) in [5.74, 6) is 4.21. The fraction of sp³-hybridized carbons (Fsp3) is 0.433. The molecule has 0 unspecified atom stereocenters. The van der Waals surface area contributed by atoms with E-state index in [2.05, 4.69) is 56.4 Å². The molecule has 9 nitrogen and oxygen atoms in total. The first-order chi connectivity index (χ1) is 19.3. The van der Waals surface area contributed by atoms with E-state index < -0.39 is 0 Å². The van der Waals surface area contributed by atoms with Gasteiger partial charge in [0, 0.05) is 32.1 Å². The molecule has 5 heterocycles. The summed E-state index contributed by atoms with van der Waals surface area (Å²) in [7, 11) is 1.70. The Morgan fingerprint density at radius 1 is 1.02 bits per heavy atom. The third-order valence-electron chi connectivity index (χ3n) is 8.03. The van der Waals surface area contributed by atoms with E-state index in [1.165, 1.54) is 36.1 Å². The molecule has 0 aliphatic carbocycles. The molecule has 2 aromatic heterocycles. The van der Waals surface area contributed by atoms with Gasteiger partial charge >= 0.3 is 0 Å². The number of ether oxygens (including phenoxy) is 4. The van der Waals surface area contributed by atoms with Gasteiger partial charge in [-0.15, -0.1) is 5.10 Å². The van der Waals surface area contributed by atoms with Crippen molar-refractivity contribution in [2.24, 2.45) is 0 Å². The van der Waals surface area contributed by atoms with Gasteiger partial charge in [-0.05, 0) is 67.3 Å². The van der Waals surface area contributed by atoms with E-state index in [4.69, 9.17) is 18.9 Å². The second-order valence-electron chi connectivity index (χ2n) is 10.5. The number of nitrogens with zero attached hydrogens (tertiary/aromatic N) is 5. The van der Waals surface area contributed by atoms with Gasteiger partial charge in [-0.1, -0.05) is 5.21 Å². The monoisotopic (exact) mass is 607 g/mol. The van der Waals surface area contributed by atoms with Crippen LogP contribution in [-0.2, 0) is 19.5 Å². The van der Waals surface area contributed by atoms with E-state index in [9.17, 15) is 0 Å². The average molecular weight is 609 g/mol. The lowest BCUT2D eigenvalue weighted by atomic mass is 9.95. The molecule has 1 fully saturated rings. The first-order valence-corrected chi connectivity index (χ1v) is 14.0. The minimum atomic E-state index is 0. The maximum atomic E-state index is 6.37. The minimum Gasteiger partial charge on any atom is -1.00 e. The third kappa shape index (κ3) is 5.05. The zero-order valence-corrected chi connectivity index (χ0v) is 24.4. The molecule has 0 atom stereocenters. The molecule has 3 aliphatic heterocycles. The Bertz CT molecular complexity index is 1520. The van der Waals surface area contributed by atoms with Crippen LogP contribution in [0.15, 0.2) is 42.7 Å². The number of halogens is 1. The van der Waals surface area contributed by atoms with Crippen molar-refractivity contribution >= 4 is 16.6 Å². The van der Waals surface area contributed by atoms with Gasteiger partial charge in [-0.25, -0.2) is 0 Å². The zero-order valence-electron chi connectivity index (χ0n) is 22.8. The van der Waals surface area contributed by atoms with Gasteiger partial charge in [0.1, 0.15) is 0 Å². The van der Waals surface area contributed by atoms with Crippen LogP contribution in [0.5, 0.6) is 23.0 Å². The summed E-state index contributed by atoms with van der Waals surface area (Å²) in [5, 5.41) is 10.9. The van der Waals surface area contributed by atoms with Crippen molar-refractivity contribution in [3.05, 3.63) is 48.3 Å². The van der Waals surface area contributed by atoms with Crippen LogP contribution in [0, 0.1) is 0 Å². The zero-order chi connectivity index (χ0) is 26.2. The summed E-state index contributed by atoms with van der Waals surface area (Å²) in [4.78, 5) is 2.34. The Labute approximate surface area is 244 Å². The topological polar surface area (TPSA) is 74.8 Å². The largest absolute Gasteiger partial charge is 1.00 e. The van der Waals surface area contributed by atoms with Crippen molar-refractivity contribution in [1.82, 2.24) is 15.0 Å². The molecule has 4 aromatic rings. The summed E-state index contributed by atoms with van der Waals surface area (Å²) in [6, 6.07) is 10.6. The molecule has 0 saturated carbocycles. The number of hydrogen-bond donors (Lipinski definition) is 0. The van der Waals surface area contributed by atoms with Crippen molar-refractivity contribution in [2.75, 3.05) is 38.5 Å². The summed E-state index contributed by atoms with van der Waals surface area (Å²) in [6.07, 6.45) is 10.9. The summed E-state index contributed by atoms with van der Waals surface area (Å²) < 4.78 is 27.6. The molecule has 10 heteroatoms. The van der Waals surface area contributed by atoms with E-state index in [1.54, 1.807) is 7.11 Å². The van der Waals surface area contributed by atoms with Crippen LogP contribution in [0.2, 0.25) is 0 Å². The number of piperidine rings is 1. The molecular weight excluding hydrogens is 574 g/mol. The van der Waals surface area contributed by atoms with Crippen molar-refractivity contribution in [2.45, 2.75) is 51.6 Å². The number of hydrogen-bond acceptors (Lipinski definition) is 7. The Hall–Kier alpha value is -3.53. The lowest BCUT2D eigenvalue weighted by Gasteiger charge is -2.25. The van der Waals surface area contributed by atoms with E-state index in [-0.39, 0.29) is 23.8 Å². The maximum Gasteiger partial charge on any atom is 0.231 e. The van der Waals surface area contributed by atoms with Gasteiger partial charge in [0.2, 0.25) is 12.5 Å². The molecule has 0 bridgehead atoms. The second kappa shape index (κ2) is 11.5. The van der Waals surface area contributed by atoms with Crippen LogP contribution in [-0.4, -0.2) is 48.6 Å². The SMILES string of the molecule is COc1ccc2cc3[n+](cc2c1OCCCCn1cc(N2CCCCC2)nn1)CCc1cc2c(cc1-3)OCO2.[Br-]. The molecular formula is C30H34BrN5O4. The van der Waals surface area contributed by atoms with Crippen molar-refractivity contribution < 1.29 is 40.5 Å². The summed E-state index contributed by atoms with van der Waals surface area (Å²) in [5.41, 5.74) is 3.66. The number of aromatic nitrogens is 4. The van der Waals surface area contributed by atoms with Crippen LogP contribution in [0.1, 0.15) is 37.7 Å². The van der Waals surface area contributed by atoms with Gasteiger partial charge in [0.05, 0.1) is 30.9 Å². The second-order valence-corrected chi connectivity index (χ2v) is 10.5.